The van der Waals surface area contributed by atoms with Gasteiger partial charge in [-0.2, -0.15) is 0 Å². The lowest BCUT2D eigenvalue weighted by Crippen LogP contribution is -2.51. The molecule has 3 aromatic rings. The monoisotopic (exact) mass is 434 g/mol. The topological polar surface area (TPSA) is 114 Å². The van der Waals surface area contributed by atoms with Crippen molar-refractivity contribution in [1.29, 1.82) is 0 Å². The van der Waals surface area contributed by atoms with E-state index in [2.05, 4.69) is 9.97 Å². The lowest BCUT2D eigenvalue weighted by atomic mass is 10.1. The normalized spacial score (nSPS) is 14.2. The van der Waals surface area contributed by atoms with Crippen molar-refractivity contribution in [2.75, 3.05) is 26.2 Å². The van der Waals surface area contributed by atoms with Gasteiger partial charge in [0.25, 0.3) is 11.8 Å². The standard InChI is InChI=1S/C23H26N6O3/c1-15(2)12-19(30)27-8-10-28(11-9-27)23(32)18-13-17(16-6-4-3-5-7-16)26-22-20(21(24)31)25-14-29(18)22/h3-7,13-15H,8-12H2,1-2H3,(H2,24,31). The third-order valence-electron chi connectivity index (χ3n) is 5.53. The Hall–Kier alpha value is -3.75. The second kappa shape index (κ2) is 8.78. The van der Waals surface area contributed by atoms with Crippen LogP contribution in [0.3, 0.4) is 0 Å². The molecule has 9 heteroatoms. The van der Waals surface area contributed by atoms with Crippen molar-refractivity contribution in [3.05, 3.63) is 54.1 Å². The summed E-state index contributed by atoms with van der Waals surface area (Å²) in [5.74, 6) is -0.505. The molecule has 2 N–H and O–H groups in total. The molecule has 0 spiro atoms. The lowest BCUT2D eigenvalue weighted by Gasteiger charge is -2.35. The molecular formula is C23H26N6O3. The highest BCUT2D eigenvalue weighted by Gasteiger charge is 2.28. The summed E-state index contributed by atoms with van der Waals surface area (Å²) in [5.41, 5.74) is 7.44. The van der Waals surface area contributed by atoms with Crippen molar-refractivity contribution < 1.29 is 14.4 Å². The van der Waals surface area contributed by atoms with Gasteiger partial charge in [0.1, 0.15) is 12.0 Å². The maximum absolute atomic E-state index is 13.5. The summed E-state index contributed by atoms with van der Waals surface area (Å²) in [4.78, 5) is 49.8. The van der Waals surface area contributed by atoms with Crippen molar-refractivity contribution >= 4 is 23.4 Å². The van der Waals surface area contributed by atoms with Crippen molar-refractivity contribution in [2.45, 2.75) is 20.3 Å². The summed E-state index contributed by atoms with van der Waals surface area (Å²) >= 11 is 0. The molecule has 3 amide bonds. The molecule has 1 aliphatic heterocycles. The Morgan fingerprint density at radius 3 is 2.31 bits per heavy atom. The van der Waals surface area contributed by atoms with Crippen LogP contribution in [-0.4, -0.2) is 68.1 Å². The molecule has 3 heterocycles. The number of nitrogens with two attached hydrogens (primary N) is 1. The zero-order valence-electron chi connectivity index (χ0n) is 18.2. The molecule has 9 nitrogen and oxygen atoms in total. The molecule has 1 fully saturated rings. The minimum absolute atomic E-state index is 0.0148. The Morgan fingerprint density at radius 2 is 1.69 bits per heavy atom. The molecule has 0 bridgehead atoms. The van der Waals surface area contributed by atoms with E-state index in [4.69, 9.17) is 5.73 Å². The molecule has 4 rings (SSSR count). The molecule has 0 aliphatic carbocycles. The Labute approximate surface area is 185 Å². The fourth-order valence-electron chi connectivity index (χ4n) is 3.87. The van der Waals surface area contributed by atoms with E-state index < -0.39 is 5.91 Å². The molecule has 2 aromatic heterocycles. The number of carbonyl (C=O) groups is 3. The van der Waals surface area contributed by atoms with Gasteiger partial charge in [-0.15, -0.1) is 0 Å². The molecular weight excluding hydrogens is 408 g/mol. The highest BCUT2D eigenvalue weighted by Crippen LogP contribution is 2.22. The number of primary amides is 1. The van der Waals surface area contributed by atoms with Crippen LogP contribution < -0.4 is 5.73 Å². The number of piperazine rings is 1. The van der Waals surface area contributed by atoms with Gasteiger partial charge in [-0.25, -0.2) is 9.97 Å². The van der Waals surface area contributed by atoms with Gasteiger partial charge in [-0.3, -0.25) is 18.8 Å². The van der Waals surface area contributed by atoms with Crippen LogP contribution >= 0.6 is 0 Å². The van der Waals surface area contributed by atoms with E-state index in [0.717, 1.165) is 5.56 Å². The molecule has 1 saturated heterocycles. The Morgan fingerprint density at radius 1 is 1.03 bits per heavy atom. The molecule has 1 aromatic carbocycles. The second-order valence-corrected chi connectivity index (χ2v) is 8.31. The number of rotatable bonds is 5. The summed E-state index contributed by atoms with van der Waals surface area (Å²) in [6, 6.07) is 11.1. The minimum Gasteiger partial charge on any atom is -0.364 e. The fraction of sp³-hybridized carbons (Fsp3) is 0.348. The molecule has 0 atom stereocenters. The van der Waals surface area contributed by atoms with Gasteiger partial charge in [0.05, 0.1) is 5.69 Å². The second-order valence-electron chi connectivity index (χ2n) is 8.31. The number of amides is 3. The zero-order valence-corrected chi connectivity index (χ0v) is 18.2. The molecule has 0 saturated carbocycles. The quantitative estimate of drug-likeness (QED) is 0.658. The van der Waals surface area contributed by atoms with Crippen LogP contribution in [0.25, 0.3) is 16.9 Å². The van der Waals surface area contributed by atoms with Gasteiger partial charge >= 0.3 is 0 Å². The summed E-state index contributed by atoms with van der Waals surface area (Å²) in [7, 11) is 0. The van der Waals surface area contributed by atoms with Gasteiger partial charge in [-0.05, 0) is 12.0 Å². The number of hydrogen-bond acceptors (Lipinski definition) is 5. The molecule has 0 radical (unpaired) electrons. The van der Waals surface area contributed by atoms with E-state index in [1.54, 1.807) is 11.0 Å². The maximum Gasteiger partial charge on any atom is 0.271 e. The molecule has 166 valence electrons. The first kappa shape index (κ1) is 21.5. The highest BCUT2D eigenvalue weighted by molar-refractivity contribution is 5.99. The van der Waals surface area contributed by atoms with E-state index in [1.807, 2.05) is 49.1 Å². The number of benzene rings is 1. The third kappa shape index (κ3) is 4.18. The number of fused-ring (bicyclic) bond motifs is 1. The van der Waals surface area contributed by atoms with Crippen molar-refractivity contribution in [2.24, 2.45) is 11.7 Å². The van der Waals surface area contributed by atoms with Gasteiger partial charge in [-0.1, -0.05) is 44.2 Å². The average molecular weight is 435 g/mol. The Kier molecular flexibility index (Phi) is 5.89. The lowest BCUT2D eigenvalue weighted by molar-refractivity contribution is -0.133. The predicted molar refractivity (Wildman–Crippen MR) is 119 cm³/mol. The van der Waals surface area contributed by atoms with Crippen LogP contribution in [0.2, 0.25) is 0 Å². The van der Waals surface area contributed by atoms with Crippen molar-refractivity contribution in [3.63, 3.8) is 0 Å². The van der Waals surface area contributed by atoms with Crippen LogP contribution in [-0.2, 0) is 4.79 Å². The third-order valence-corrected chi connectivity index (χ3v) is 5.53. The van der Waals surface area contributed by atoms with Gasteiger partial charge in [0.2, 0.25) is 5.91 Å². The smallest absolute Gasteiger partial charge is 0.271 e. The highest BCUT2D eigenvalue weighted by atomic mass is 16.2. The van der Waals surface area contributed by atoms with Gasteiger partial charge in [0.15, 0.2) is 11.3 Å². The van der Waals surface area contributed by atoms with Crippen LogP contribution in [0.4, 0.5) is 0 Å². The SMILES string of the molecule is CC(C)CC(=O)N1CCN(C(=O)c2cc(-c3ccccc3)nc3c(C(N)=O)ncn23)CC1. The summed E-state index contributed by atoms with van der Waals surface area (Å²) < 4.78 is 1.51. The van der Waals surface area contributed by atoms with Crippen molar-refractivity contribution in [1.82, 2.24) is 24.2 Å². The minimum atomic E-state index is -0.708. The predicted octanol–water partition coefficient (Wildman–Crippen LogP) is 1.83. The van der Waals surface area contributed by atoms with Gasteiger partial charge in [0, 0.05) is 38.2 Å². The number of hydrogen-bond donors (Lipinski definition) is 1. The van der Waals surface area contributed by atoms with Crippen molar-refractivity contribution in [3.8, 4) is 11.3 Å². The number of aromatic nitrogens is 3. The van der Waals surface area contributed by atoms with E-state index in [9.17, 15) is 14.4 Å². The summed E-state index contributed by atoms with van der Waals surface area (Å²) in [6.07, 6.45) is 1.90. The van der Waals surface area contributed by atoms with E-state index in [0.29, 0.717) is 49.9 Å². The van der Waals surface area contributed by atoms with Crippen LogP contribution in [0.1, 0.15) is 41.2 Å². The van der Waals surface area contributed by atoms with Crippen LogP contribution in [0.5, 0.6) is 0 Å². The fourth-order valence-corrected chi connectivity index (χ4v) is 3.87. The van der Waals surface area contributed by atoms with Crippen LogP contribution in [0, 0.1) is 5.92 Å². The Balaban J connectivity index is 1.66. The van der Waals surface area contributed by atoms with Gasteiger partial charge < -0.3 is 15.5 Å². The molecule has 32 heavy (non-hydrogen) atoms. The average Bonchev–Trinajstić information content (AvgIpc) is 3.22. The summed E-state index contributed by atoms with van der Waals surface area (Å²) in [6.45, 7) is 5.89. The largest absolute Gasteiger partial charge is 0.364 e. The summed E-state index contributed by atoms with van der Waals surface area (Å²) in [5, 5.41) is 0. The number of carbonyl (C=O) groups excluding carboxylic acids is 3. The van der Waals surface area contributed by atoms with E-state index in [-0.39, 0.29) is 23.2 Å². The Bertz CT molecular complexity index is 1160. The first-order valence-corrected chi connectivity index (χ1v) is 10.7. The number of nitrogens with zero attached hydrogens (tertiary/aromatic N) is 5. The van der Waals surface area contributed by atoms with Crippen LogP contribution in [0.15, 0.2) is 42.7 Å². The number of imidazole rings is 1. The zero-order chi connectivity index (χ0) is 22.8. The first-order valence-electron chi connectivity index (χ1n) is 10.7. The molecule has 1 aliphatic rings. The first-order chi connectivity index (χ1) is 15.3. The van der Waals surface area contributed by atoms with E-state index in [1.165, 1.54) is 10.7 Å². The van der Waals surface area contributed by atoms with E-state index >= 15 is 0 Å². The molecule has 0 unspecified atom stereocenters. The maximum atomic E-state index is 13.5.